The van der Waals surface area contributed by atoms with Crippen LogP contribution in [-0.2, 0) is 11.3 Å². The minimum atomic E-state index is -0.281. The molecule has 2 aromatic carbocycles. The number of aromatic hydroxyl groups is 2. The van der Waals surface area contributed by atoms with E-state index in [1.165, 1.54) is 17.4 Å². The molecule has 1 aliphatic heterocycles. The van der Waals surface area contributed by atoms with Crippen molar-refractivity contribution < 1.29 is 19.4 Å². The van der Waals surface area contributed by atoms with Gasteiger partial charge in [-0.2, -0.15) is 5.10 Å². The van der Waals surface area contributed by atoms with E-state index in [0.29, 0.717) is 31.4 Å². The summed E-state index contributed by atoms with van der Waals surface area (Å²) in [5, 5.41) is 28.9. The lowest BCUT2D eigenvalue weighted by Crippen LogP contribution is -2.28. The quantitative estimate of drug-likeness (QED) is 0.230. The zero-order valence-electron chi connectivity index (χ0n) is 16.3. The molecular formula is C22H15Br2N3O4S. The highest BCUT2D eigenvalue weighted by molar-refractivity contribution is 9.11. The van der Waals surface area contributed by atoms with E-state index in [0.717, 1.165) is 16.2 Å². The van der Waals surface area contributed by atoms with Gasteiger partial charge in [0.25, 0.3) is 5.91 Å². The summed E-state index contributed by atoms with van der Waals surface area (Å²) < 4.78 is 6.65. The first-order chi connectivity index (χ1) is 15.4. The normalized spacial score (nSPS) is 16.7. The Morgan fingerprint density at radius 1 is 1.09 bits per heavy atom. The molecule has 1 aliphatic rings. The molecule has 32 heavy (non-hydrogen) atoms. The average Bonchev–Trinajstić information content (AvgIpc) is 3.37. The Morgan fingerprint density at radius 3 is 2.66 bits per heavy atom. The molecule has 1 amide bonds. The van der Waals surface area contributed by atoms with Crippen LogP contribution in [0.15, 0.2) is 83.3 Å². The summed E-state index contributed by atoms with van der Waals surface area (Å²) in [5.74, 6) is 0.412. The topological polar surface area (TPSA) is 98.6 Å². The minimum absolute atomic E-state index is 0.0277. The lowest BCUT2D eigenvalue weighted by atomic mass is 10.2. The first-order valence-corrected chi connectivity index (χ1v) is 11.6. The molecular weight excluding hydrogens is 562 g/mol. The zero-order chi connectivity index (χ0) is 22.7. The van der Waals surface area contributed by atoms with Crippen molar-refractivity contribution in [1.82, 2.24) is 4.90 Å². The summed E-state index contributed by atoms with van der Waals surface area (Å²) in [6, 6.07) is 13.7. The Bertz CT molecular complexity index is 1260. The number of carbonyl (C=O) groups is 1. The van der Waals surface area contributed by atoms with Gasteiger partial charge in [0, 0.05) is 15.6 Å². The average molecular weight is 577 g/mol. The maximum atomic E-state index is 13.1. The van der Waals surface area contributed by atoms with Crippen LogP contribution in [0.4, 0.5) is 0 Å². The van der Waals surface area contributed by atoms with Crippen LogP contribution in [-0.4, -0.2) is 32.4 Å². The van der Waals surface area contributed by atoms with E-state index in [4.69, 9.17) is 4.42 Å². The second kappa shape index (κ2) is 9.76. The number of phenolic OH excluding ortho intramolecular Hbond substituents is 2. The van der Waals surface area contributed by atoms with Gasteiger partial charge in [-0.05, 0) is 64.1 Å². The van der Waals surface area contributed by atoms with Gasteiger partial charge in [0.2, 0.25) is 0 Å². The van der Waals surface area contributed by atoms with Crippen LogP contribution in [0.2, 0.25) is 0 Å². The third kappa shape index (κ3) is 4.98. The van der Waals surface area contributed by atoms with Crippen molar-refractivity contribution in [3.05, 3.63) is 85.5 Å². The Morgan fingerprint density at radius 2 is 1.91 bits per heavy atom. The molecule has 1 saturated heterocycles. The third-order valence-corrected chi connectivity index (χ3v) is 6.46. The van der Waals surface area contributed by atoms with E-state index in [9.17, 15) is 15.0 Å². The predicted molar refractivity (Wildman–Crippen MR) is 131 cm³/mol. The number of phenols is 2. The van der Waals surface area contributed by atoms with Crippen LogP contribution >= 0.6 is 43.6 Å². The van der Waals surface area contributed by atoms with Crippen molar-refractivity contribution in [3.8, 4) is 11.5 Å². The van der Waals surface area contributed by atoms with Gasteiger partial charge in [-0.25, -0.2) is 0 Å². The number of rotatable bonds is 5. The fourth-order valence-corrected chi connectivity index (χ4v) is 5.04. The van der Waals surface area contributed by atoms with Crippen LogP contribution < -0.4 is 0 Å². The van der Waals surface area contributed by atoms with Gasteiger partial charge < -0.3 is 14.6 Å². The number of hydrogen-bond acceptors (Lipinski definition) is 7. The van der Waals surface area contributed by atoms with Gasteiger partial charge in [0.15, 0.2) is 5.17 Å². The molecule has 1 fully saturated rings. The first-order valence-electron chi connectivity index (χ1n) is 9.23. The second-order valence-electron chi connectivity index (χ2n) is 6.59. The highest BCUT2D eigenvalue weighted by Gasteiger charge is 2.34. The molecule has 0 unspecified atom stereocenters. The summed E-state index contributed by atoms with van der Waals surface area (Å²) in [6.45, 7) is 0.180. The smallest absolute Gasteiger partial charge is 0.267 e. The Labute approximate surface area is 204 Å². The van der Waals surface area contributed by atoms with Crippen LogP contribution in [0.1, 0.15) is 16.9 Å². The molecule has 162 valence electrons. The van der Waals surface area contributed by atoms with Crippen LogP contribution in [0.5, 0.6) is 11.5 Å². The van der Waals surface area contributed by atoms with Gasteiger partial charge in [0.05, 0.1) is 28.4 Å². The molecule has 3 aromatic rings. The van der Waals surface area contributed by atoms with Gasteiger partial charge in [-0.3, -0.25) is 9.69 Å². The number of carbonyl (C=O) groups excluding carboxylic acids is 1. The summed E-state index contributed by atoms with van der Waals surface area (Å²) in [7, 11) is 0. The number of halogens is 2. The van der Waals surface area contributed by atoms with Crippen molar-refractivity contribution in [1.29, 1.82) is 0 Å². The molecule has 1 aromatic heterocycles. The van der Waals surface area contributed by atoms with Gasteiger partial charge in [-0.1, -0.05) is 34.1 Å². The summed E-state index contributed by atoms with van der Waals surface area (Å²) in [6.07, 6.45) is 4.55. The predicted octanol–water partition coefficient (Wildman–Crippen LogP) is 5.72. The molecule has 2 N–H and O–H groups in total. The van der Waals surface area contributed by atoms with E-state index < -0.39 is 0 Å². The lowest BCUT2D eigenvalue weighted by molar-refractivity contribution is -0.122. The maximum absolute atomic E-state index is 13.1. The lowest BCUT2D eigenvalue weighted by Gasteiger charge is -2.12. The second-order valence-corrected chi connectivity index (χ2v) is 9.37. The molecule has 0 bridgehead atoms. The Kier molecular flexibility index (Phi) is 6.83. The van der Waals surface area contributed by atoms with Gasteiger partial charge in [0.1, 0.15) is 17.3 Å². The number of nitrogens with zero attached hydrogens (tertiary/aromatic N) is 3. The molecule has 4 rings (SSSR count). The molecule has 0 atom stereocenters. The number of thioether (sulfide) groups is 1. The molecule has 2 heterocycles. The molecule has 10 heteroatoms. The Hall–Kier alpha value is -2.82. The van der Waals surface area contributed by atoms with Crippen LogP contribution in [0.25, 0.3) is 6.08 Å². The van der Waals surface area contributed by atoms with Crippen LogP contribution in [0, 0.1) is 0 Å². The number of amides is 1. The maximum Gasteiger partial charge on any atom is 0.267 e. The van der Waals surface area contributed by atoms with Crippen molar-refractivity contribution in [2.75, 3.05) is 0 Å². The third-order valence-electron chi connectivity index (χ3n) is 4.40. The first kappa shape index (κ1) is 22.4. The van der Waals surface area contributed by atoms with E-state index >= 15 is 0 Å². The zero-order valence-corrected chi connectivity index (χ0v) is 20.3. The Balaban J connectivity index is 1.66. The molecule has 0 spiro atoms. The number of benzene rings is 2. The van der Waals surface area contributed by atoms with Crippen molar-refractivity contribution in [2.45, 2.75) is 6.54 Å². The van der Waals surface area contributed by atoms with Crippen molar-refractivity contribution >= 4 is 67.0 Å². The van der Waals surface area contributed by atoms with Crippen LogP contribution in [0.3, 0.4) is 0 Å². The molecule has 0 radical (unpaired) electrons. The number of para-hydroxylation sites is 1. The van der Waals surface area contributed by atoms with Gasteiger partial charge in [-0.15, -0.1) is 5.10 Å². The number of furan rings is 1. The molecule has 7 nitrogen and oxygen atoms in total. The highest BCUT2D eigenvalue weighted by atomic mass is 79.9. The fraction of sp³-hybridized carbons (Fsp3) is 0.0455. The van der Waals surface area contributed by atoms with E-state index in [-0.39, 0.29) is 24.0 Å². The van der Waals surface area contributed by atoms with Gasteiger partial charge >= 0.3 is 0 Å². The van der Waals surface area contributed by atoms with E-state index in [1.54, 1.807) is 54.6 Å². The molecule has 0 saturated carbocycles. The molecule has 0 aliphatic carbocycles. The number of amidine groups is 1. The highest BCUT2D eigenvalue weighted by Crippen LogP contribution is 2.35. The van der Waals surface area contributed by atoms with E-state index in [1.807, 2.05) is 0 Å². The van der Waals surface area contributed by atoms with E-state index in [2.05, 4.69) is 42.1 Å². The standard InChI is InChI=1S/C22H15Br2N3O4S/c23-15-8-14(20(29)17(24)10-15)11-25-26-22-27(12-16-5-3-7-31-16)21(30)19(32-22)9-13-4-1-2-6-18(13)28/h1-11,28-29H,12H2/b19-9-,25-11-,26-22+. The SMILES string of the molecule is O=C1/C(=C/c2ccccc2O)S/C(=N/N=C\c2cc(Br)cc(Br)c2O)N1Cc1ccco1. The van der Waals surface area contributed by atoms with Crippen molar-refractivity contribution in [3.63, 3.8) is 0 Å². The number of hydrogen-bond donors (Lipinski definition) is 2. The fourth-order valence-electron chi connectivity index (χ4n) is 2.86. The summed E-state index contributed by atoms with van der Waals surface area (Å²) in [5.41, 5.74) is 0.974. The summed E-state index contributed by atoms with van der Waals surface area (Å²) in [4.78, 5) is 14.9. The minimum Gasteiger partial charge on any atom is -0.507 e. The van der Waals surface area contributed by atoms with Crippen molar-refractivity contribution in [2.24, 2.45) is 10.2 Å². The summed E-state index contributed by atoms with van der Waals surface area (Å²) >= 11 is 7.78. The largest absolute Gasteiger partial charge is 0.507 e. The monoisotopic (exact) mass is 575 g/mol.